The fourth-order valence-electron chi connectivity index (χ4n) is 3.64. The molecule has 1 fully saturated rings. The van der Waals surface area contributed by atoms with E-state index in [1.54, 1.807) is 18.3 Å². The van der Waals surface area contributed by atoms with E-state index in [1.165, 1.54) is 10.5 Å². The first-order valence-electron chi connectivity index (χ1n) is 9.79. The summed E-state index contributed by atoms with van der Waals surface area (Å²) in [4.78, 5) is 16.9. The summed E-state index contributed by atoms with van der Waals surface area (Å²) < 4.78 is 26.9. The number of piperidine rings is 1. The van der Waals surface area contributed by atoms with Gasteiger partial charge < -0.3 is 5.32 Å². The highest BCUT2D eigenvalue weighted by atomic mass is 32.2. The van der Waals surface area contributed by atoms with Crippen LogP contribution in [0.2, 0.25) is 0 Å². The number of rotatable bonds is 6. The molecule has 0 radical (unpaired) electrons. The molecule has 1 aromatic carbocycles. The van der Waals surface area contributed by atoms with E-state index in [-0.39, 0.29) is 16.7 Å². The molecule has 0 spiro atoms. The number of sulfonamides is 1. The lowest BCUT2D eigenvalue weighted by Gasteiger charge is -2.30. The smallest absolute Gasteiger partial charge is 0.244 e. The third-order valence-corrected chi connectivity index (χ3v) is 7.23. The van der Waals surface area contributed by atoms with Crippen molar-refractivity contribution in [1.29, 1.82) is 0 Å². The second-order valence-electron chi connectivity index (χ2n) is 7.01. The SMILES string of the molecule is CCc1cccc(CC)c1NC(=O)C1CCN(S(=O)(=O)c2cccnc2)CC1. The number of carbonyl (C=O) groups excluding carboxylic acids is 1. The Morgan fingerprint density at radius 2 is 1.75 bits per heavy atom. The summed E-state index contributed by atoms with van der Waals surface area (Å²) in [5.41, 5.74) is 3.18. The maximum atomic E-state index is 12.8. The van der Waals surface area contributed by atoms with Gasteiger partial charge >= 0.3 is 0 Å². The first-order valence-corrected chi connectivity index (χ1v) is 11.2. The summed E-state index contributed by atoms with van der Waals surface area (Å²) in [5.74, 6) is -0.205. The van der Waals surface area contributed by atoms with Gasteiger partial charge in [0.1, 0.15) is 4.90 Å². The van der Waals surface area contributed by atoms with E-state index in [1.807, 2.05) is 18.2 Å². The monoisotopic (exact) mass is 401 g/mol. The minimum atomic E-state index is -3.55. The lowest BCUT2D eigenvalue weighted by atomic mass is 9.96. The summed E-state index contributed by atoms with van der Waals surface area (Å²) in [5, 5.41) is 3.12. The normalized spacial score (nSPS) is 16.1. The molecule has 1 aliphatic heterocycles. The van der Waals surface area contributed by atoms with Crippen molar-refractivity contribution in [2.75, 3.05) is 18.4 Å². The van der Waals surface area contributed by atoms with Gasteiger partial charge in [-0.3, -0.25) is 9.78 Å². The molecule has 1 aromatic heterocycles. The molecule has 2 heterocycles. The quantitative estimate of drug-likeness (QED) is 0.806. The van der Waals surface area contributed by atoms with Crippen LogP contribution in [0.4, 0.5) is 5.69 Å². The highest BCUT2D eigenvalue weighted by Crippen LogP contribution is 2.27. The second-order valence-corrected chi connectivity index (χ2v) is 8.95. The minimum Gasteiger partial charge on any atom is -0.325 e. The number of carbonyl (C=O) groups is 1. The minimum absolute atomic E-state index is 0.0194. The molecule has 1 saturated heterocycles. The number of hydrogen-bond acceptors (Lipinski definition) is 4. The number of para-hydroxylation sites is 1. The third kappa shape index (κ3) is 4.25. The number of nitrogens with one attached hydrogen (secondary N) is 1. The zero-order valence-electron chi connectivity index (χ0n) is 16.4. The molecular formula is C21H27N3O3S. The Morgan fingerprint density at radius 3 is 2.29 bits per heavy atom. The molecular weight excluding hydrogens is 374 g/mol. The summed E-state index contributed by atoms with van der Waals surface area (Å²) >= 11 is 0. The predicted molar refractivity (Wildman–Crippen MR) is 110 cm³/mol. The van der Waals surface area contributed by atoms with Gasteiger partial charge in [0.2, 0.25) is 15.9 Å². The lowest BCUT2D eigenvalue weighted by Crippen LogP contribution is -2.41. The number of aryl methyl sites for hydroxylation is 2. The van der Waals surface area contributed by atoms with E-state index in [4.69, 9.17) is 0 Å². The molecule has 6 nitrogen and oxygen atoms in total. The first-order chi connectivity index (χ1) is 13.5. The predicted octanol–water partition coefficient (Wildman–Crippen LogP) is 3.25. The number of benzene rings is 1. The number of amides is 1. The molecule has 1 amide bonds. The van der Waals surface area contributed by atoms with E-state index in [0.717, 1.165) is 29.7 Å². The Bertz CT molecular complexity index is 899. The number of nitrogens with zero attached hydrogens (tertiary/aromatic N) is 2. The molecule has 28 heavy (non-hydrogen) atoms. The fraction of sp³-hybridized carbons (Fsp3) is 0.429. The highest BCUT2D eigenvalue weighted by molar-refractivity contribution is 7.89. The maximum absolute atomic E-state index is 12.8. The highest BCUT2D eigenvalue weighted by Gasteiger charge is 2.32. The standard InChI is InChI=1S/C21H27N3O3S/c1-3-16-7-5-8-17(4-2)20(16)23-21(25)18-10-13-24(14-11-18)28(26,27)19-9-6-12-22-15-19/h5-9,12,15,18H,3-4,10-11,13-14H2,1-2H3,(H,23,25). The van der Waals surface area contributed by atoms with Crippen molar-refractivity contribution >= 4 is 21.6 Å². The summed E-state index contributed by atoms with van der Waals surface area (Å²) in [6, 6.07) is 9.27. The molecule has 2 aromatic rings. The molecule has 1 N–H and O–H groups in total. The van der Waals surface area contributed by atoms with E-state index in [9.17, 15) is 13.2 Å². The van der Waals surface area contributed by atoms with Gasteiger partial charge in [-0.15, -0.1) is 0 Å². The van der Waals surface area contributed by atoms with Crippen molar-refractivity contribution in [1.82, 2.24) is 9.29 Å². The molecule has 7 heteroatoms. The number of aromatic nitrogens is 1. The van der Waals surface area contributed by atoms with Gasteiger partial charge in [0.15, 0.2) is 0 Å². The van der Waals surface area contributed by atoms with Crippen LogP contribution in [0.15, 0.2) is 47.6 Å². The van der Waals surface area contributed by atoms with Crippen molar-refractivity contribution in [3.05, 3.63) is 53.9 Å². The van der Waals surface area contributed by atoms with Crippen LogP contribution >= 0.6 is 0 Å². The molecule has 150 valence electrons. The van der Waals surface area contributed by atoms with E-state index < -0.39 is 10.0 Å². The Morgan fingerprint density at radius 1 is 1.11 bits per heavy atom. The Labute approximate surface area is 167 Å². The number of pyridine rings is 1. The zero-order chi connectivity index (χ0) is 20.1. The zero-order valence-corrected chi connectivity index (χ0v) is 17.2. The summed E-state index contributed by atoms with van der Waals surface area (Å²) in [6.07, 6.45) is 5.65. The van der Waals surface area contributed by atoms with Crippen LogP contribution in [0.25, 0.3) is 0 Å². The number of hydrogen-bond donors (Lipinski definition) is 1. The van der Waals surface area contributed by atoms with Crippen LogP contribution in [-0.4, -0.2) is 36.7 Å². The van der Waals surface area contributed by atoms with Crippen molar-refractivity contribution in [3.63, 3.8) is 0 Å². The first kappa shape index (κ1) is 20.5. The van der Waals surface area contributed by atoms with Crippen LogP contribution in [0, 0.1) is 5.92 Å². The Balaban J connectivity index is 1.67. The van der Waals surface area contributed by atoms with Crippen molar-refractivity contribution < 1.29 is 13.2 Å². The molecule has 0 saturated carbocycles. The van der Waals surface area contributed by atoms with Gasteiger partial charge in [-0.25, -0.2) is 8.42 Å². The van der Waals surface area contributed by atoms with Crippen molar-refractivity contribution in [2.24, 2.45) is 5.92 Å². The average Bonchev–Trinajstić information content (AvgIpc) is 2.74. The van der Waals surface area contributed by atoms with Crippen LogP contribution in [0.1, 0.15) is 37.8 Å². The van der Waals surface area contributed by atoms with Crippen molar-refractivity contribution in [2.45, 2.75) is 44.4 Å². The Hall–Kier alpha value is -2.25. The van der Waals surface area contributed by atoms with Crippen molar-refractivity contribution in [3.8, 4) is 0 Å². The fourth-order valence-corrected chi connectivity index (χ4v) is 5.07. The van der Waals surface area contributed by atoms with Crippen LogP contribution in [-0.2, 0) is 27.7 Å². The van der Waals surface area contributed by atoms with Gasteiger partial charge in [-0.05, 0) is 48.9 Å². The third-order valence-electron chi connectivity index (χ3n) is 5.34. The summed E-state index contributed by atoms with van der Waals surface area (Å²) in [6.45, 7) is 4.83. The molecule has 1 aliphatic rings. The van der Waals surface area contributed by atoms with Gasteiger partial charge in [-0.1, -0.05) is 32.0 Å². The van der Waals surface area contributed by atoms with Gasteiger partial charge in [0.25, 0.3) is 0 Å². The average molecular weight is 402 g/mol. The van der Waals surface area contributed by atoms with E-state index in [2.05, 4.69) is 24.1 Å². The molecule has 0 atom stereocenters. The second kappa shape index (κ2) is 8.84. The topological polar surface area (TPSA) is 79.4 Å². The maximum Gasteiger partial charge on any atom is 0.244 e. The molecule has 0 bridgehead atoms. The van der Waals surface area contributed by atoms with Crippen LogP contribution in [0.5, 0.6) is 0 Å². The van der Waals surface area contributed by atoms with Gasteiger partial charge in [0, 0.05) is 37.1 Å². The van der Waals surface area contributed by atoms with Crippen LogP contribution in [0.3, 0.4) is 0 Å². The summed E-state index contributed by atoms with van der Waals surface area (Å²) in [7, 11) is -3.55. The van der Waals surface area contributed by atoms with E-state index >= 15 is 0 Å². The lowest BCUT2D eigenvalue weighted by molar-refractivity contribution is -0.120. The van der Waals surface area contributed by atoms with Gasteiger partial charge in [-0.2, -0.15) is 4.31 Å². The van der Waals surface area contributed by atoms with Gasteiger partial charge in [0.05, 0.1) is 0 Å². The van der Waals surface area contributed by atoms with Crippen LogP contribution < -0.4 is 5.32 Å². The molecule has 3 rings (SSSR count). The Kier molecular flexibility index (Phi) is 6.46. The number of anilines is 1. The largest absolute Gasteiger partial charge is 0.325 e. The van der Waals surface area contributed by atoms with E-state index in [0.29, 0.717) is 25.9 Å². The molecule has 0 unspecified atom stereocenters. The molecule has 0 aliphatic carbocycles.